The highest BCUT2D eigenvalue weighted by atomic mass is 19.1. The van der Waals surface area contributed by atoms with Gasteiger partial charge in [-0.05, 0) is 37.1 Å². The first-order valence-corrected chi connectivity index (χ1v) is 10.8. The van der Waals surface area contributed by atoms with Crippen LogP contribution in [0.5, 0.6) is 11.5 Å². The number of fused-ring (bicyclic) bond motifs is 1. The van der Waals surface area contributed by atoms with Gasteiger partial charge in [0.2, 0.25) is 0 Å². The summed E-state index contributed by atoms with van der Waals surface area (Å²) < 4.78 is 33.8. The van der Waals surface area contributed by atoms with E-state index < -0.39 is 5.82 Å². The number of hydrogen-bond acceptors (Lipinski definition) is 7. The van der Waals surface area contributed by atoms with Crippen LogP contribution in [0.15, 0.2) is 54.9 Å². The van der Waals surface area contributed by atoms with Crippen molar-refractivity contribution in [2.24, 2.45) is 0 Å². The highest BCUT2D eigenvalue weighted by Gasteiger charge is 2.29. The number of nitrogen functional groups attached to an aromatic ring is 1. The van der Waals surface area contributed by atoms with Crippen molar-refractivity contribution in [3.8, 4) is 22.8 Å². The minimum atomic E-state index is -0.474. The van der Waals surface area contributed by atoms with Gasteiger partial charge in [-0.25, -0.2) is 18.9 Å². The Kier molecular flexibility index (Phi) is 5.89. The molecule has 3 heterocycles. The van der Waals surface area contributed by atoms with Crippen molar-refractivity contribution >= 4 is 11.3 Å². The van der Waals surface area contributed by atoms with Crippen LogP contribution in [0.25, 0.3) is 16.8 Å². The first kappa shape index (κ1) is 21.3. The molecule has 2 atom stereocenters. The second kappa shape index (κ2) is 9.13. The van der Waals surface area contributed by atoms with Gasteiger partial charge in [-0.1, -0.05) is 18.2 Å². The van der Waals surface area contributed by atoms with E-state index in [0.29, 0.717) is 47.3 Å². The van der Waals surface area contributed by atoms with Crippen LogP contribution in [0.1, 0.15) is 24.6 Å². The molecule has 2 aromatic heterocycles. The number of hydrogen-bond donors (Lipinski definition) is 1. The molecule has 2 aromatic carbocycles. The summed E-state index contributed by atoms with van der Waals surface area (Å²) >= 11 is 0. The number of para-hydroxylation sites is 1. The van der Waals surface area contributed by atoms with Gasteiger partial charge in [0, 0.05) is 24.7 Å². The van der Waals surface area contributed by atoms with E-state index in [0.717, 1.165) is 12.8 Å². The van der Waals surface area contributed by atoms with E-state index in [1.54, 1.807) is 23.8 Å². The Balaban J connectivity index is 1.50. The normalized spacial score (nSPS) is 18.5. The minimum absolute atomic E-state index is 0.00240. The number of nitrogens with zero attached hydrogens (tertiary/aromatic N) is 4. The maximum Gasteiger partial charge on any atom is 0.153 e. The fourth-order valence-corrected chi connectivity index (χ4v) is 4.13. The Labute approximate surface area is 190 Å². The second-order valence-corrected chi connectivity index (χ2v) is 7.97. The van der Waals surface area contributed by atoms with Gasteiger partial charge in [0.25, 0.3) is 0 Å². The van der Waals surface area contributed by atoms with Crippen LogP contribution in [0.3, 0.4) is 0 Å². The Hall–Kier alpha value is -3.56. The molecule has 0 aliphatic carbocycles. The van der Waals surface area contributed by atoms with E-state index in [-0.39, 0.29) is 17.8 Å². The number of ether oxygens (including phenoxy) is 3. The maximum absolute atomic E-state index is 15.2. The predicted octanol–water partition coefficient (Wildman–Crippen LogP) is 4.21. The largest absolute Gasteiger partial charge is 0.457 e. The molecule has 5 rings (SSSR count). The van der Waals surface area contributed by atoms with E-state index >= 15 is 4.39 Å². The smallest absolute Gasteiger partial charge is 0.153 e. The highest BCUT2D eigenvalue weighted by Crippen LogP contribution is 2.36. The van der Waals surface area contributed by atoms with Crippen LogP contribution in [-0.4, -0.2) is 46.0 Å². The predicted molar refractivity (Wildman–Crippen MR) is 121 cm³/mol. The third-order valence-electron chi connectivity index (χ3n) is 5.75. The molecular weight excluding hydrogens is 425 g/mol. The molecule has 2 N–H and O–H groups in total. The van der Waals surface area contributed by atoms with Gasteiger partial charge < -0.3 is 19.9 Å². The quantitative estimate of drug-likeness (QED) is 0.471. The van der Waals surface area contributed by atoms with E-state index in [1.165, 1.54) is 12.4 Å². The molecule has 1 aliphatic rings. The van der Waals surface area contributed by atoms with E-state index in [4.69, 9.17) is 24.9 Å². The molecule has 1 aliphatic heterocycles. The highest BCUT2D eigenvalue weighted by molar-refractivity contribution is 5.85. The summed E-state index contributed by atoms with van der Waals surface area (Å²) in [6, 6.07) is 13.9. The fourth-order valence-electron chi connectivity index (χ4n) is 4.13. The molecule has 8 nitrogen and oxygen atoms in total. The van der Waals surface area contributed by atoms with Gasteiger partial charge in [-0.15, -0.1) is 0 Å². The molecule has 0 unspecified atom stereocenters. The first-order chi connectivity index (χ1) is 16.1. The monoisotopic (exact) mass is 449 g/mol. The van der Waals surface area contributed by atoms with Crippen LogP contribution < -0.4 is 10.5 Å². The second-order valence-electron chi connectivity index (χ2n) is 7.97. The van der Waals surface area contributed by atoms with Gasteiger partial charge >= 0.3 is 0 Å². The van der Waals surface area contributed by atoms with Gasteiger partial charge in [-0.2, -0.15) is 5.10 Å². The molecule has 0 bridgehead atoms. The Morgan fingerprint density at radius 2 is 2.00 bits per heavy atom. The third-order valence-corrected chi connectivity index (χ3v) is 5.75. The van der Waals surface area contributed by atoms with Crippen LogP contribution >= 0.6 is 0 Å². The summed E-state index contributed by atoms with van der Waals surface area (Å²) in [6.45, 7) is 1.03. The van der Waals surface area contributed by atoms with E-state index in [2.05, 4.69) is 10.1 Å². The maximum atomic E-state index is 15.2. The number of methoxy groups -OCH3 is 1. The van der Waals surface area contributed by atoms with Crippen molar-refractivity contribution in [1.29, 1.82) is 0 Å². The van der Waals surface area contributed by atoms with Crippen molar-refractivity contribution in [3.05, 3.63) is 66.5 Å². The molecule has 33 heavy (non-hydrogen) atoms. The summed E-state index contributed by atoms with van der Waals surface area (Å²) in [6.07, 6.45) is 3.12. The molecule has 0 radical (unpaired) electrons. The summed E-state index contributed by atoms with van der Waals surface area (Å²) in [4.78, 5) is 8.88. The van der Waals surface area contributed by atoms with Crippen molar-refractivity contribution in [1.82, 2.24) is 19.6 Å². The number of anilines is 1. The van der Waals surface area contributed by atoms with Crippen molar-refractivity contribution in [2.75, 3.05) is 26.1 Å². The topological polar surface area (TPSA) is 96.8 Å². The summed E-state index contributed by atoms with van der Waals surface area (Å²) in [5.41, 5.74) is 7.34. The summed E-state index contributed by atoms with van der Waals surface area (Å²) in [5, 5.41) is 4.36. The van der Waals surface area contributed by atoms with Gasteiger partial charge in [0.15, 0.2) is 5.82 Å². The number of rotatable bonds is 6. The lowest BCUT2D eigenvalue weighted by Crippen LogP contribution is -2.29. The summed E-state index contributed by atoms with van der Waals surface area (Å²) in [5.74, 6) is 1.45. The standard InChI is InChI=1S/C24H24FN5O3/c1-31-13-18-8-7-15(12-32-18)24-29-21(22-23(26)27-14-28-30(22)24)19-10-9-17(11-20(19)25)33-16-5-3-2-4-6-16/h2-6,9-11,14-15,18H,7-8,12-13H2,1H3,(H2,26,27,28)/t15-,18+/m0/s1. The molecule has 0 amide bonds. The van der Waals surface area contributed by atoms with E-state index in [1.807, 2.05) is 30.3 Å². The zero-order valence-electron chi connectivity index (χ0n) is 18.1. The number of halogens is 1. The van der Waals surface area contributed by atoms with Crippen molar-refractivity contribution in [2.45, 2.75) is 24.9 Å². The van der Waals surface area contributed by atoms with Gasteiger partial charge in [-0.3, -0.25) is 0 Å². The average molecular weight is 449 g/mol. The number of nitrogens with two attached hydrogens (primary N) is 1. The fraction of sp³-hybridized carbons (Fsp3) is 0.292. The van der Waals surface area contributed by atoms with E-state index in [9.17, 15) is 0 Å². The molecule has 0 spiro atoms. The first-order valence-electron chi connectivity index (χ1n) is 10.8. The zero-order valence-corrected chi connectivity index (χ0v) is 18.1. The molecule has 4 aromatic rings. The minimum Gasteiger partial charge on any atom is -0.457 e. The Bertz CT molecular complexity index is 1260. The number of imidazole rings is 1. The van der Waals surface area contributed by atoms with Crippen molar-refractivity contribution in [3.63, 3.8) is 0 Å². The third kappa shape index (κ3) is 4.24. The van der Waals surface area contributed by atoms with Gasteiger partial charge in [0.05, 0.1) is 19.3 Å². The van der Waals surface area contributed by atoms with Crippen LogP contribution in [0.4, 0.5) is 10.2 Å². The molecular formula is C24H24FN5O3. The Morgan fingerprint density at radius 3 is 2.73 bits per heavy atom. The molecule has 1 saturated heterocycles. The number of aromatic nitrogens is 4. The molecule has 1 fully saturated rings. The van der Waals surface area contributed by atoms with Crippen LogP contribution in [-0.2, 0) is 9.47 Å². The SMILES string of the molecule is COC[C@H]1CC[C@H](c2nc(-c3ccc(Oc4ccccc4)cc3F)c3c(N)ncnn23)CO1. The lowest BCUT2D eigenvalue weighted by molar-refractivity contribution is -0.0389. The average Bonchev–Trinajstić information content (AvgIpc) is 3.21. The Morgan fingerprint density at radius 1 is 1.15 bits per heavy atom. The van der Waals surface area contributed by atoms with Crippen LogP contribution in [0.2, 0.25) is 0 Å². The number of benzene rings is 2. The lowest BCUT2D eigenvalue weighted by atomic mass is 9.98. The molecule has 9 heteroatoms. The molecule has 170 valence electrons. The molecule has 0 saturated carbocycles. The van der Waals surface area contributed by atoms with Gasteiger partial charge in [0.1, 0.15) is 40.7 Å². The zero-order chi connectivity index (χ0) is 22.8. The lowest BCUT2D eigenvalue weighted by Gasteiger charge is -2.27. The van der Waals surface area contributed by atoms with Crippen molar-refractivity contribution < 1.29 is 18.6 Å². The summed E-state index contributed by atoms with van der Waals surface area (Å²) in [7, 11) is 1.66. The van der Waals surface area contributed by atoms with Crippen LogP contribution in [0, 0.1) is 5.82 Å².